The number of hydrogen-bond acceptors (Lipinski definition) is 1. The molecule has 0 N–H and O–H groups in total. The number of ether oxygens (including phenoxy) is 1. The van der Waals surface area contributed by atoms with Crippen LogP contribution in [-0.2, 0) is 6.42 Å². The third-order valence-electron chi connectivity index (χ3n) is 2.29. The van der Waals surface area contributed by atoms with Gasteiger partial charge in [-0.1, -0.05) is 32.9 Å². The molecular formula is C13H20O. The molecule has 0 heterocycles. The van der Waals surface area contributed by atoms with E-state index >= 15 is 0 Å². The van der Waals surface area contributed by atoms with Gasteiger partial charge in [-0.05, 0) is 36.0 Å². The summed E-state index contributed by atoms with van der Waals surface area (Å²) >= 11 is 0. The molecule has 14 heavy (non-hydrogen) atoms. The molecule has 1 aromatic rings. The van der Waals surface area contributed by atoms with E-state index < -0.39 is 0 Å². The maximum atomic E-state index is 5.37. The molecule has 0 spiro atoms. The van der Waals surface area contributed by atoms with Crippen LogP contribution in [0.15, 0.2) is 18.2 Å². The van der Waals surface area contributed by atoms with Crippen molar-refractivity contribution >= 4 is 0 Å². The molecule has 0 aliphatic heterocycles. The number of aryl methyl sites for hydroxylation is 1. The van der Waals surface area contributed by atoms with Crippen molar-refractivity contribution in [3.05, 3.63) is 29.3 Å². The van der Waals surface area contributed by atoms with Gasteiger partial charge >= 0.3 is 0 Å². The molecule has 78 valence electrons. The maximum Gasteiger partial charge on any atom is 0.122 e. The number of hydrogen-bond donors (Lipinski definition) is 0. The molecule has 0 atom stereocenters. The van der Waals surface area contributed by atoms with E-state index in [1.54, 1.807) is 7.11 Å². The molecule has 1 nitrogen and oxygen atoms in total. The summed E-state index contributed by atoms with van der Waals surface area (Å²) in [5, 5.41) is 0. The first kappa shape index (κ1) is 11.1. The monoisotopic (exact) mass is 192 g/mol. The van der Waals surface area contributed by atoms with E-state index in [4.69, 9.17) is 4.74 Å². The first-order chi connectivity index (χ1) is 6.44. The molecule has 0 radical (unpaired) electrons. The summed E-state index contributed by atoms with van der Waals surface area (Å²) in [5.74, 6) is 1.01. The van der Waals surface area contributed by atoms with Gasteiger partial charge in [0.1, 0.15) is 5.75 Å². The van der Waals surface area contributed by atoms with Crippen molar-refractivity contribution in [3.63, 3.8) is 0 Å². The highest BCUT2D eigenvalue weighted by molar-refractivity contribution is 5.40. The molecule has 0 amide bonds. The first-order valence-corrected chi connectivity index (χ1v) is 5.06. The third kappa shape index (κ3) is 2.76. The number of rotatable bonds is 2. The lowest BCUT2D eigenvalue weighted by Crippen LogP contribution is -2.11. The van der Waals surface area contributed by atoms with E-state index in [0.29, 0.717) is 5.41 Å². The summed E-state index contributed by atoms with van der Waals surface area (Å²) in [6, 6.07) is 6.22. The lowest BCUT2D eigenvalue weighted by molar-refractivity contribution is 0.378. The lowest BCUT2D eigenvalue weighted by Gasteiger charge is -2.21. The van der Waals surface area contributed by atoms with Crippen molar-refractivity contribution in [1.82, 2.24) is 0 Å². The zero-order chi connectivity index (χ0) is 10.8. The Hall–Kier alpha value is -0.980. The second-order valence-electron chi connectivity index (χ2n) is 4.99. The normalized spacial score (nSPS) is 11.5. The predicted molar refractivity (Wildman–Crippen MR) is 60.9 cm³/mol. The summed E-state index contributed by atoms with van der Waals surface area (Å²) in [6.45, 7) is 8.89. The Balaban J connectivity index is 3.05. The molecule has 1 aromatic carbocycles. The number of benzene rings is 1. The zero-order valence-corrected chi connectivity index (χ0v) is 9.85. The van der Waals surface area contributed by atoms with Crippen molar-refractivity contribution in [2.75, 3.05) is 7.11 Å². The molecule has 0 saturated carbocycles. The van der Waals surface area contributed by atoms with E-state index in [0.717, 1.165) is 12.2 Å². The fourth-order valence-corrected chi connectivity index (χ4v) is 1.62. The SMILES string of the molecule is COc1cccc(C)c1CC(C)(C)C. The third-order valence-corrected chi connectivity index (χ3v) is 2.29. The molecule has 0 aliphatic rings. The fraction of sp³-hybridized carbons (Fsp3) is 0.538. The van der Waals surface area contributed by atoms with Crippen LogP contribution < -0.4 is 4.74 Å². The summed E-state index contributed by atoms with van der Waals surface area (Å²) in [7, 11) is 1.74. The van der Waals surface area contributed by atoms with Crippen molar-refractivity contribution < 1.29 is 4.74 Å². The quantitative estimate of drug-likeness (QED) is 0.695. The van der Waals surface area contributed by atoms with Gasteiger partial charge in [0.15, 0.2) is 0 Å². The van der Waals surface area contributed by atoms with Gasteiger partial charge < -0.3 is 4.74 Å². The van der Waals surface area contributed by atoms with Gasteiger partial charge in [0.2, 0.25) is 0 Å². The molecule has 0 saturated heterocycles. The van der Waals surface area contributed by atoms with Crippen molar-refractivity contribution in [3.8, 4) is 5.75 Å². The maximum absolute atomic E-state index is 5.37. The van der Waals surface area contributed by atoms with E-state index in [1.165, 1.54) is 11.1 Å². The number of methoxy groups -OCH3 is 1. The Morgan fingerprint density at radius 2 is 1.86 bits per heavy atom. The Kier molecular flexibility index (Phi) is 3.20. The Morgan fingerprint density at radius 1 is 1.21 bits per heavy atom. The van der Waals surface area contributed by atoms with Crippen LogP contribution in [0.1, 0.15) is 31.9 Å². The fourth-order valence-electron chi connectivity index (χ4n) is 1.62. The molecule has 1 rings (SSSR count). The van der Waals surface area contributed by atoms with Gasteiger partial charge in [-0.3, -0.25) is 0 Å². The first-order valence-electron chi connectivity index (χ1n) is 5.06. The topological polar surface area (TPSA) is 9.23 Å². The van der Waals surface area contributed by atoms with Crippen molar-refractivity contribution in [1.29, 1.82) is 0 Å². The smallest absolute Gasteiger partial charge is 0.122 e. The second-order valence-corrected chi connectivity index (χ2v) is 4.99. The summed E-state index contributed by atoms with van der Waals surface area (Å²) in [5.41, 5.74) is 2.96. The van der Waals surface area contributed by atoms with E-state index in [2.05, 4.69) is 33.8 Å². The van der Waals surface area contributed by atoms with E-state index in [-0.39, 0.29) is 0 Å². The highest BCUT2D eigenvalue weighted by Gasteiger charge is 2.15. The lowest BCUT2D eigenvalue weighted by atomic mass is 9.86. The van der Waals surface area contributed by atoms with Crippen LogP contribution in [0.5, 0.6) is 5.75 Å². The van der Waals surface area contributed by atoms with Crippen LogP contribution >= 0.6 is 0 Å². The molecule has 0 aliphatic carbocycles. The highest BCUT2D eigenvalue weighted by atomic mass is 16.5. The minimum absolute atomic E-state index is 0.305. The van der Waals surface area contributed by atoms with Crippen LogP contribution in [-0.4, -0.2) is 7.11 Å². The van der Waals surface area contributed by atoms with Crippen LogP contribution in [0, 0.1) is 12.3 Å². The van der Waals surface area contributed by atoms with Gasteiger partial charge in [0.05, 0.1) is 7.11 Å². The summed E-state index contributed by atoms with van der Waals surface area (Å²) < 4.78 is 5.37. The Bertz CT molecular complexity index is 308. The van der Waals surface area contributed by atoms with Crippen LogP contribution in [0.25, 0.3) is 0 Å². The van der Waals surface area contributed by atoms with Crippen molar-refractivity contribution in [2.45, 2.75) is 34.1 Å². The van der Waals surface area contributed by atoms with Crippen LogP contribution in [0.4, 0.5) is 0 Å². The average Bonchev–Trinajstić information content (AvgIpc) is 2.06. The molecule has 0 bridgehead atoms. The molecule has 0 unspecified atom stereocenters. The van der Waals surface area contributed by atoms with Crippen LogP contribution in [0.3, 0.4) is 0 Å². The van der Waals surface area contributed by atoms with E-state index in [1.807, 2.05) is 12.1 Å². The van der Waals surface area contributed by atoms with Gasteiger partial charge in [-0.2, -0.15) is 0 Å². The predicted octanol–water partition coefficient (Wildman–Crippen LogP) is 3.59. The molecular weight excluding hydrogens is 172 g/mol. The Labute approximate surface area is 87.1 Å². The van der Waals surface area contributed by atoms with Gasteiger partial charge in [0.25, 0.3) is 0 Å². The van der Waals surface area contributed by atoms with Crippen LogP contribution in [0.2, 0.25) is 0 Å². The van der Waals surface area contributed by atoms with Gasteiger partial charge in [0, 0.05) is 0 Å². The minimum Gasteiger partial charge on any atom is -0.496 e. The molecule has 0 fully saturated rings. The van der Waals surface area contributed by atoms with E-state index in [9.17, 15) is 0 Å². The minimum atomic E-state index is 0.305. The molecule has 0 aromatic heterocycles. The second kappa shape index (κ2) is 4.04. The Morgan fingerprint density at radius 3 is 2.36 bits per heavy atom. The largest absolute Gasteiger partial charge is 0.496 e. The standard InChI is InChI=1S/C13H20O/c1-10-7-6-8-12(14-5)11(10)9-13(2,3)4/h6-8H,9H2,1-5H3. The van der Waals surface area contributed by atoms with Gasteiger partial charge in [-0.25, -0.2) is 0 Å². The molecule has 1 heteroatoms. The highest BCUT2D eigenvalue weighted by Crippen LogP contribution is 2.29. The van der Waals surface area contributed by atoms with Gasteiger partial charge in [-0.15, -0.1) is 0 Å². The summed E-state index contributed by atoms with van der Waals surface area (Å²) in [4.78, 5) is 0. The average molecular weight is 192 g/mol. The zero-order valence-electron chi connectivity index (χ0n) is 9.85. The summed E-state index contributed by atoms with van der Waals surface area (Å²) in [6.07, 6.45) is 1.06. The van der Waals surface area contributed by atoms with Crippen molar-refractivity contribution in [2.24, 2.45) is 5.41 Å².